The maximum atomic E-state index is 8.80. The fourth-order valence-electron chi connectivity index (χ4n) is 0.663. The molecule has 56 valence electrons. The van der Waals surface area contributed by atoms with Crippen molar-refractivity contribution in [2.45, 2.75) is 12.8 Å². The molecule has 10 heavy (non-hydrogen) atoms. The average molecular weight is 142 g/mol. The predicted octanol–water partition coefficient (Wildman–Crippen LogP) is 0.211. The minimum absolute atomic E-state index is 0.0347. The lowest BCUT2D eigenvalue weighted by Gasteiger charge is -2.00. The van der Waals surface area contributed by atoms with Gasteiger partial charge in [-0.1, -0.05) is 6.92 Å². The maximum Gasteiger partial charge on any atom is 0.208 e. The number of nitrogens with zero attached hydrogens (tertiary/aromatic N) is 1. The summed E-state index contributed by atoms with van der Waals surface area (Å²) in [5, 5.41) is 17.5. The van der Waals surface area contributed by atoms with Gasteiger partial charge in [-0.25, -0.2) is 4.98 Å². The van der Waals surface area contributed by atoms with E-state index >= 15 is 0 Å². The molecule has 0 bridgehead atoms. The normalized spacial score (nSPS) is 13.4. The molecule has 1 aromatic heterocycles. The third-order valence-corrected chi connectivity index (χ3v) is 1.32. The molecule has 0 saturated carbocycles. The van der Waals surface area contributed by atoms with Crippen molar-refractivity contribution in [1.29, 1.82) is 0 Å². The number of nitrogens with one attached hydrogen (secondary N) is 1. The van der Waals surface area contributed by atoms with Crippen molar-refractivity contribution in [3.05, 3.63) is 12.0 Å². The molecule has 0 aliphatic carbocycles. The van der Waals surface area contributed by atoms with Crippen LogP contribution < -0.4 is 0 Å². The van der Waals surface area contributed by atoms with E-state index in [0.717, 1.165) is 0 Å². The van der Waals surface area contributed by atoms with Crippen LogP contribution in [0.1, 0.15) is 18.7 Å². The highest BCUT2D eigenvalue weighted by Crippen LogP contribution is 2.12. The monoisotopic (exact) mass is 142 g/mol. The Morgan fingerprint density at radius 2 is 2.50 bits per heavy atom. The number of H-pyrrole nitrogens is 1. The van der Waals surface area contributed by atoms with Crippen LogP contribution in [-0.4, -0.2) is 26.8 Å². The molecule has 0 spiro atoms. The van der Waals surface area contributed by atoms with E-state index in [2.05, 4.69) is 9.97 Å². The fourth-order valence-corrected chi connectivity index (χ4v) is 0.663. The molecule has 0 aromatic carbocycles. The van der Waals surface area contributed by atoms with Crippen LogP contribution in [-0.2, 0) is 0 Å². The molecule has 0 saturated heterocycles. The maximum absolute atomic E-state index is 8.80. The number of imidazole rings is 1. The zero-order valence-corrected chi connectivity index (χ0v) is 5.70. The molecule has 4 heteroatoms. The summed E-state index contributed by atoms with van der Waals surface area (Å²) >= 11 is 0. The summed E-state index contributed by atoms with van der Waals surface area (Å²) in [5.41, 5.74) is 0. The summed E-state index contributed by atoms with van der Waals surface area (Å²) in [7, 11) is 0. The molecule has 0 aliphatic heterocycles. The Morgan fingerprint density at radius 1 is 1.80 bits per heavy atom. The van der Waals surface area contributed by atoms with Crippen molar-refractivity contribution in [3.8, 4) is 5.88 Å². The van der Waals surface area contributed by atoms with Gasteiger partial charge in [0.15, 0.2) is 0 Å². The largest absolute Gasteiger partial charge is 0.493 e. The van der Waals surface area contributed by atoms with Gasteiger partial charge in [0.1, 0.15) is 5.82 Å². The second kappa shape index (κ2) is 2.70. The van der Waals surface area contributed by atoms with Gasteiger partial charge in [0, 0.05) is 5.92 Å². The van der Waals surface area contributed by atoms with Gasteiger partial charge >= 0.3 is 0 Å². The Hall–Kier alpha value is -1.03. The first-order valence-electron chi connectivity index (χ1n) is 3.08. The summed E-state index contributed by atoms with van der Waals surface area (Å²) < 4.78 is 0. The number of aromatic nitrogens is 2. The van der Waals surface area contributed by atoms with Gasteiger partial charge in [0.25, 0.3) is 0 Å². The minimum Gasteiger partial charge on any atom is -0.493 e. The van der Waals surface area contributed by atoms with Gasteiger partial charge in [0.05, 0.1) is 12.8 Å². The lowest BCUT2D eigenvalue weighted by atomic mass is 10.2. The van der Waals surface area contributed by atoms with Gasteiger partial charge in [-0.3, -0.25) is 0 Å². The summed E-state index contributed by atoms with van der Waals surface area (Å²) in [4.78, 5) is 6.43. The Balaban J connectivity index is 2.74. The van der Waals surface area contributed by atoms with E-state index in [1.54, 1.807) is 0 Å². The molecule has 1 aromatic rings. The van der Waals surface area contributed by atoms with Crippen LogP contribution in [0.4, 0.5) is 0 Å². The highest BCUT2D eigenvalue weighted by atomic mass is 16.3. The molecule has 4 nitrogen and oxygen atoms in total. The lowest BCUT2D eigenvalue weighted by molar-refractivity contribution is 0.269. The summed E-state index contributed by atoms with van der Waals surface area (Å²) in [6.07, 6.45) is 1.32. The van der Waals surface area contributed by atoms with Crippen LogP contribution in [0, 0.1) is 0 Å². The Labute approximate surface area is 58.5 Å². The first kappa shape index (κ1) is 7.08. The minimum atomic E-state index is -0.0408. The molecule has 1 heterocycles. The van der Waals surface area contributed by atoms with E-state index in [0.29, 0.717) is 5.82 Å². The fraction of sp³-hybridized carbons (Fsp3) is 0.500. The van der Waals surface area contributed by atoms with E-state index in [4.69, 9.17) is 10.2 Å². The summed E-state index contributed by atoms with van der Waals surface area (Å²) in [5.74, 6) is 0.608. The number of hydrogen-bond donors (Lipinski definition) is 3. The molecule has 1 unspecified atom stereocenters. The molecule has 3 N–H and O–H groups in total. The predicted molar refractivity (Wildman–Crippen MR) is 35.8 cm³/mol. The third-order valence-electron chi connectivity index (χ3n) is 1.32. The number of aliphatic hydroxyl groups excluding tert-OH is 1. The number of rotatable bonds is 2. The zero-order valence-electron chi connectivity index (χ0n) is 5.70. The first-order chi connectivity index (χ1) is 4.74. The molecule has 1 rings (SSSR count). The number of hydrogen-bond acceptors (Lipinski definition) is 3. The second-order valence-corrected chi connectivity index (χ2v) is 2.24. The smallest absolute Gasteiger partial charge is 0.208 e. The van der Waals surface area contributed by atoms with E-state index in [1.807, 2.05) is 6.92 Å². The zero-order chi connectivity index (χ0) is 7.56. The van der Waals surface area contributed by atoms with E-state index in [-0.39, 0.29) is 18.4 Å². The lowest BCUT2D eigenvalue weighted by Crippen LogP contribution is -2.00. The van der Waals surface area contributed by atoms with Crippen molar-refractivity contribution in [2.24, 2.45) is 0 Å². The topological polar surface area (TPSA) is 69.1 Å². The van der Waals surface area contributed by atoms with Crippen LogP contribution in [0.2, 0.25) is 0 Å². The van der Waals surface area contributed by atoms with Crippen molar-refractivity contribution >= 4 is 0 Å². The average Bonchev–Trinajstić information content (AvgIpc) is 2.34. The Bertz CT molecular complexity index is 209. The summed E-state index contributed by atoms with van der Waals surface area (Å²) in [6, 6.07) is 0. The van der Waals surface area contributed by atoms with Crippen LogP contribution in [0.5, 0.6) is 5.88 Å². The van der Waals surface area contributed by atoms with Crippen LogP contribution in [0.3, 0.4) is 0 Å². The van der Waals surface area contributed by atoms with E-state index < -0.39 is 0 Å². The molecular formula is C6H10N2O2. The molecule has 0 radical (unpaired) electrons. The van der Waals surface area contributed by atoms with Crippen LogP contribution in [0.15, 0.2) is 6.20 Å². The Kier molecular flexibility index (Phi) is 1.91. The number of aromatic hydroxyl groups is 1. The van der Waals surface area contributed by atoms with Crippen molar-refractivity contribution in [1.82, 2.24) is 9.97 Å². The third kappa shape index (κ3) is 1.27. The van der Waals surface area contributed by atoms with Crippen molar-refractivity contribution in [3.63, 3.8) is 0 Å². The standard InChI is InChI=1S/C6H10N2O2/c1-4(3-9)6-7-2-5(10)8-6/h2,4,9-10H,3H2,1H3,(H,7,8). The highest BCUT2D eigenvalue weighted by Gasteiger charge is 2.06. The first-order valence-corrected chi connectivity index (χ1v) is 3.08. The SMILES string of the molecule is CC(CO)c1ncc(O)[nH]1. The quantitative estimate of drug-likeness (QED) is 0.553. The second-order valence-electron chi connectivity index (χ2n) is 2.24. The van der Waals surface area contributed by atoms with Gasteiger partial charge in [-0.15, -0.1) is 0 Å². The van der Waals surface area contributed by atoms with Gasteiger partial charge in [0.2, 0.25) is 5.88 Å². The number of aliphatic hydroxyl groups is 1. The highest BCUT2D eigenvalue weighted by molar-refractivity contribution is 5.07. The van der Waals surface area contributed by atoms with Gasteiger partial charge in [-0.05, 0) is 0 Å². The molecule has 1 atom stereocenters. The van der Waals surface area contributed by atoms with E-state index in [9.17, 15) is 0 Å². The molecule has 0 aliphatic rings. The molecule has 0 amide bonds. The van der Waals surface area contributed by atoms with Gasteiger partial charge in [-0.2, -0.15) is 0 Å². The molecular weight excluding hydrogens is 132 g/mol. The van der Waals surface area contributed by atoms with Gasteiger partial charge < -0.3 is 15.2 Å². The van der Waals surface area contributed by atoms with Crippen LogP contribution >= 0.6 is 0 Å². The van der Waals surface area contributed by atoms with Crippen molar-refractivity contribution in [2.75, 3.05) is 6.61 Å². The number of aromatic amines is 1. The summed E-state index contributed by atoms with van der Waals surface area (Å²) in [6.45, 7) is 1.85. The van der Waals surface area contributed by atoms with Crippen LogP contribution in [0.25, 0.3) is 0 Å². The van der Waals surface area contributed by atoms with Crippen molar-refractivity contribution < 1.29 is 10.2 Å². The van der Waals surface area contributed by atoms with E-state index in [1.165, 1.54) is 6.20 Å². The molecule has 0 fully saturated rings. The Morgan fingerprint density at radius 3 is 2.90 bits per heavy atom.